The second-order valence-corrected chi connectivity index (χ2v) is 18.1. The molecule has 0 radical (unpaired) electrons. The Labute approximate surface area is 271 Å². The number of hydrogen-bond acceptors (Lipinski definition) is 8. The first kappa shape index (κ1) is 35.7. The Kier molecular flexibility index (Phi) is 9.59. The Morgan fingerprint density at radius 3 is 2.22 bits per heavy atom. The van der Waals surface area contributed by atoms with Gasteiger partial charge in [0.05, 0.1) is 24.9 Å². The Morgan fingerprint density at radius 2 is 1.60 bits per heavy atom. The summed E-state index contributed by atoms with van der Waals surface area (Å²) < 4.78 is 12.1. The lowest BCUT2D eigenvalue weighted by Crippen LogP contribution is -2.65. The molecule has 0 amide bonds. The Bertz CT molecular complexity index is 1100. The largest absolute Gasteiger partial charge is 0.394 e. The van der Waals surface area contributed by atoms with Crippen LogP contribution in [0.25, 0.3) is 0 Å². The predicted octanol–water partition coefficient (Wildman–Crippen LogP) is 4.57. The molecule has 1 saturated heterocycles. The van der Waals surface area contributed by atoms with Crippen LogP contribution in [-0.4, -0.2) is 86.3 Å². The van der Waals surface area contributed by atoms with Crippen LogP contribution in [0.4, 0.5) is 0 Å². The van der Waals surface area contributed by atoms with Gasteiger partial charge in [-0.25, -0.2) is 0 Å². The van der Waals surface area contributed by atoms with Crippen molar-refractivity contribution in [2.24, 2.45) is 50.7 Å². The first-order valence-electron chi connectivity index (χ1n) is 17.8. The van der Waals surface area contributed by atoms with Crippen molar-refractivity contribution < 1.29 is 40.1 Å². The topological polar surface area (TPSA) is 140 Å². The molecule has 1 heterocycles. The molecule has 0 aromatic heterocycles. The van der Waals surface area contributed by atoms with Crippen molar-refractivity contribution in [1.29, 1.82) is 0 Å². The van der Waals surface area contributed by atoms with E-state index in [1.54, 1.807) is 0 Å². The average Bonchev–Trinajstić information content (AvgIpc) is 3.23. The summed E-state index contributed by atoms with van der Waals surface area (Å²) >= 11 is 0. The average molecular weight is 637 g/mol. The van der Waals surface area contributed by atoms with E-state index in [4.69, 9.17) is 9.47 Å². The smallest absolute Gasteiger partial charge is 0.187 e. The van der Waals surface area contributed by atoms with Gasteiger partial charge in [-0.05, 0) is 91.3 Å². The first-order chi connectivity index (χ1) is 20.7. The number of aliphatic hydroxyl groups excluding tert-OH is 6. The van der Waals surface area contributed by atoms with Crippen molar-refractivity contribution in [3.63, 3.8) is 0 Å². The lowest BCUT2D eigenvalue weighted by molar-refractivity contribution is -0.320. The van der Waals surface area contributed by atoms with Crippen LogP contribution in [0.3, 0.4) is 0 Å². The van der Waals surface area contributed by atoms with Gasteiger partial charge in [-0.3, -0.25) is 0 Å². The van der Waals surface area contributed by atoms with Crippen LogP contribution in [0.5, 0.6) is 0 Å². The molecule has 5 aliphatic rings. The fourth-order valence-corrected chi connectivity index (χ4v) is 11.3. The molecule has 45 heavy (non-hydrogen) atoms. The fourth-order valence-electron chi connectivity index (χ4n) is 11.3. The van der Waals surface area contributed by atoms with E-state index < -0.39 is 48.8 Å². The summed E-state index contributed by atoms with van der Waals surface area (Å²) in [6.45, 7) is 19.9. The molecule has 1 aliphatic heterocycles. The lowest BCUT2D eigenvalue weighted by Gasteiger charge is -2.67. The summed E-state index contributed by atoms with van der Waals surface area (Å²) in [5.74, 6) is 1.55. The molecule has 0 bridgehead atoms. The van der Waals surface area contributed by atoms with Gasteiger partial charge in [-0.1, -0.05) is 74.0 Å². The molecule has 0 aromatic carbocycles. The van der Waals surface area contributed by atoms with Crippen molar-refractivity contribution in [2.75, 3.05) is 6.61 Å². The van der Waals surface area contributed by atoms with E-state index in [1.165, 1.54) is 12.0 Å². The van der Waals surface area contributed by atoms with Crippen molar-refractivity contribution in [3.8, 4) is 0 Å². The van der Waals surface area contributed by atoms with Gasteiger partial charge < -0.3 is 40.1 Å². The molecular formula is C37H64O8. The van der Waals surface area contributed by atoms with Gasteiger partial charge in [0.15, 0.2) is 6.29 Å². The van der Waals surface area contributed by atoms with Crippen LogP contribution in [0, 0.1) is 50.7 Å². The third-order valence-corrected chi connectivity index (χ3v) is 14.6. The van der Waals surface area contributed by atoms with Gasteiger partial charge in [-0.15, -0.1) is 0 Å². The second kappa shape index (κ2) is 12.1. The third kappa shape index (κ3) is 5.50. The minimum Gasteiger partial charge on any atom is -0.394 e. The Morgan fingerprint density at radius 1 is 0.933 bits per heavy atom. The molecule has 8 nitrogen and oxygen atoms in total. The summed E-state index contributed by atoms with van der Waals surface area (Å²) in [7, 11) is 0. The molecule has 0 aromatic rings. The number of fused-ring (bicyclic) bond motifs is 5. The van der Waals surface area contributed by atoms with E-state index >= 15 is 0 Å². The minimum absolute atomic E-state index is 0.0208. The molecule has 260 valence electrons. The standard InChI is InChI=1S/C37H64O8/c1-20(10-14-26(39)33(2,3)4)21-16-17-35(7)25-13-11-22-23(37(25,9)27(40)18-36(21,35)8)12-15-28(34(22,5)6)45-32-31(43)30(42)29(41)24(19-38)44-32/h11,20-21,23-32,38-43H,10,12-19H2,1-9H3/t20-,21-,23-,24-,25-,26-,27?,28+,29-,30+,31-,32+,35+,36-,37+/m1/s1. The molecule has 3 saturated carbocycles. The quantitative estimate of drug-likeness (QED) is 0.224. The van der Waals surface area contributed by atoms with Gasteiger partial charge in [0.1, 0.15) is 24.4 Å². The van der Waals surface area contributed by atoms with E-state index in [-0.39, 0.29) is 39.8 Å². The molecule has 1 unspecified atom stereocenters. The maximum absolute atomic E-state index is 12.3. The molecule has 15 atom stereocenters. The molecule has 8 heteroatoms. The van der Waals surface area contributed by atoms with Crippen LogP contribution >= 0.6 is 0 Å². The maximum atomic E-state index is 12.3. The zero-order valence-corrected chi connectivity index (χ0v) is 29.4. The number of rotatable bonds is 7. The van der Waals surface area contributed by atoms with Crippen molar-refractivity contribution >= 4 is 0 Å². The highest BCUT2D eigenvalue weighted by Gasteiger charge is 2.70. The molecule has 6 N–H and O–H groups in total. The highest BCUT2D eigenvalue weighted by molar-refractivity contribution is 5.31. The SMILES string of the molecule is C[C@H](CC[C@@H](O)C(C)(C)C)[C@H]1CC[C@@]2(C)[C@H]3CC=C4[C@@H](CC[C@H](O[C@@H]5O[C@H](CO)[C@@H](O)[C@H](O)[C@H]5O)C4(C)C)[C@]3(C)C(O)C[C@]12C. The normalized spacial score (nSPS) is 49.4. The van der Waals surface area contributed by atoms with Gasteiger partial charge in [0, 0.05) is 10.8 Å². The van der Waals surface area contributed by atoms with Crippen LogP contribution < -0.4 is 0 Å². The monoisotopic (exact) mass is 636 g/mol. The Balaban J connectivity index is 1.37. The highest BCUT2D eigenvalue weighted by atomic mass is 16.7. The second-order valence-electron chi connectivity index (χ2n) is 18.1. The van der Waals surface area contributed by atoms with Crippen LogP contribution in [0.1, 0.15) is 114 Å². The van der Waals surface area contributed by atoms with E-state index in [0.717, 1.165) is 38.5 Å². The van der Waals surface area contributed by atoms with Gasteiger partial charge in [0.2, 0.25) is 0 Å². The number of ether oxygens (including phenoxy) is 2. The summed E-state index contributed by atoms with van der Waals surface area (Å²) in [5, 5.41) is 64.0. The lowest BCUT2D eigenvalue weighted by atomic mass is 9.38. The van der Waals surface area contributed by atoms with Crippen molar-refractivity contribution in [1.82, 2.24) is 0 Å². The van der Waals surface area contributed by atoms with E-state index in [1.807, 2.05) is 0 Å². The predicted molar refractivity (Wildman–Crippen MR) is 173 cm³/mol. The van der Waals surface area contributed by atoms with Crippen LogP contribution in [0.15, 0.2) is 11.6 Å². The highest BCUT2D eigenvalue weighted by Crippen LogP contribution is 2.75. The number of hydrogen-bond donors (Lipinski definition) is 6. The van der Waals surface area contributed by atoms with Crippen molar-refractivity contribution in [2.45, 2.75) is 163 Å². The summed E-state index contributed by atoms with van der Waals surface area (Å²) in [4.78, 5) is 0. The molecule has 4 fully saturated rings. The molecular weight excluding hydrogens is 572 g/mol. The minimum atomic E-state index is -1.47. The number of aliphatic hydroxyl groups is 6. The molecule has 5 rings (SSSR count). The summed E-state index contributed by atoms with van der Waals surface area (Å²) in [5.41, 5.74) is 0.621. The van der Waals surface area contributed by atoms with E-state index in [2.05, 4.69) is 68.4 Å². The fraction of sp³-hybridized carbons (Fsp3) is 0.946. The maximum Gasteiger partial charge on any atom is 0.187 e. The Hall–Kier alpha value is -0.580. The zero-order chi connectivity index (χ0) is 33.5. The zero-order valence-electron chi connectivity index (χ0n) is 29.4. The number of allylic oxidation sites excluding steroid dienone is 1. The third-order valence-electron chi connectivity index (χ3n) is 14.6. The molecule has 4 aliphatic carbocycles. The van der Waals surface area contributed by atoms with Crippen LogP contribution in [-0.2, 0) is 9.47 Å². The molecule has 0 spiro atoms. The van der Waals surface area contributed by atoms with Gasteiger partial charge >= 0.3 is 0 Å². The van der Waals surface area contributed by atoms with Gasteiger partial charge in [0.25, 0.3) is 0 Å². The van der Waals surface area contributed by atoms with E-state index in [9.17, 15) is 30.6 Å². The van der Waals surface area contributed by atoms with Crippen molar-refractivity contribution in [3.05, 3.63) is 11.6 Å². The van der Waals surface area contributed by atoms with Gasteiger partial charge in [-0.2, -0.15) is 0 Å². The summed E-state index contributed by atoms with van der Waals surface area (Å²) in [6, 6.07) is 0. The first-order valence-corrected chi connectivity index (χ1v) is 17.8. The van der Waals surface area contributed by atoms with Crippen LogP contribution in [0.2, 0.25) is 0 Å². The van der Waals surface area contributed by atoms with E-state index in [0.29, 0.717) is 24.2 Å². The summed E-state index contributed by atoms with van der Waals surface area (Å²) in [6.07, 6.45) is 2.32.